The van der Waals surface area contributed by atoms with Crippen LogP contribution in [0.25, 0.3) is 0 Å². The van der Waals surface area contributed by atoms with Crippen molar-refractivity contribution in [2.45, 2.75) is 6.18 Å². The molecule has 0 spiro atoms. The Morgan fingerprint density at radius 3 is 2.31 bits per heavy atom. The van der Waals surface area contributed by atoms with Gasteiger partial charge in [-0.3, -0.25) is 9.59 Å². The highest BCUT2D eigenvalue weighted by molar-refractivity contribution is 5.99. The van der Waals surface area contributed by atoms with Crippen LogP contribution in [0.3, 0.4) is 0 Å². The summed E-state index contributed by atoms with van der Waals surface area (Å²) in [6.45, 7) is 0. The van der Waals surface area contributed by atoms with Crippen molar-refractivity contribution in [1.29, 1.82) is 0 Å². The molecule has 0 aromatic carbocycles. The molecule has 0 radical (unpaired) electrons. The van der Waals surface area contributed by atoms with Gasteiger partial charge in [0.1, 0.15) is 0 Å². The molecule has 1 heterocycles. The molecule has 0 aliphatic carbocycles. The first-order valence-electron chi connectivity index (χ1n) is 3.21. The van der Waals surface area contributed by atoms with Gasteiger partial charge in [-0.25, -0.2) is 0 Å². The van der Waals surface area contributed by atoms with E-state index in [-0.39, 0.29) is 0 Å². The Labute approximate surface area is 70.2 Å². The summed E-state index contributed by atoms with van der Waals surface area (Å²) in [6, 6.07) is 1.69. The summed E-state index contributed by atoms with van der Waals surface area (Å²) in [5, 5.41) is 0. The Morgan fingerprint density at radius 2 is 1.92 bits per heavy atom. The van der Waals surface area contributed by atoms with E-state index in [2.05, 4.69) is 0 Å². The maximum absolute atomic E-state index is 11.8. The number of carbonyl (C=O) groups excluding carboxylic acids is 1. The van der Waals surface area contributed by atoms with Crippen molar-refractivity contribution >= 4 is 5.78 Å². The Hall–Kier alpha value is -1.59. The second kappa shape index (κ2) is 3.04. The molecule has 6 heteroatoms. The van der Waals surface area contributed by atoms with E-state index in [0.29, 0.717) is 0 Å². The molecule has 0 amide bonds. The zero-order valence-corrected chi connectivity index (χ0v) is 6.18. The van der Waals surface area contributed by atoms with Gasteiger partial charge in [0.2, 0.25) is 5.56 Å². The molecule has 1 rings (SSSR count). The predicted molar refractivity (Wildman–Crippen MR) is 37.4 cm³/mol. The summed E-state index contributed by atoms with van der Waals surface area (Å²) < 4.78 is 35.4. The van der Waals surface area contributed by atoms with Gasteiger partial charge in [0.15, 0.2) is 0 Å². The number of halogens is 3. The van der Waals surface area contributed by atoms with Crippen LogP contribution in [0.1, 0.15) is 10.4 Å². The van der Waals surface area contributed by atoms with Crippen LogP contribution in [0.5, 0.6) is 0 Å². The molecule has 3 nitrogen and oxygen atoms in total. The van der Waals surface area contributed by atoms with E-state index in [9.17, 15) is 22.8 Å². The highest BCUT2D eigenvalue weighted by Gasteiger charge is 2.39. The number of Topliss-reactive ketones (excluding diaryl/α,β-unsaturated/α-hetero) is 1. The quantitative estimate of drug-likeness (QED) is 0.676. The number of nitrogens with one attached hydrogen (secondary N) is 1. The summed E-state index contributed by atoms with van der Waals surface area (Å²) in [5.74, 6) is -1.97. The van der Waals surface area contributed by atoms with Gasteiger partial charge in [0, 0.05) is 17.8 Å². The predicted octanol–water partition coefficient (Wildman–Crippen LogP) is 1.12. The van der Waals surface area contributed by atoms with Crippen LogP contribution in [0.2, 0.25) is 0 Å². The van der Waals surface area contributed by atoms with Crippen LogP contribution in [-0.4, -0.2) is 16.9 Å². The van der Waals surface area contributed by atoms with Crippen LogP contribution in [0.4, 0.5) is 13.2 Å². The Bertz CT molecular complexity index is 360. The molecule has 0 unspecified atom stereocenters. The first kappa shape index (κ1) is 9.50. The van der Waals surface area contributed by atoms with Crippen molar-refractivity contribution in [3.63, 3.8) is 0 Å². The second-order valence-corrected chi connectivity index (χ2v) is 2.27. The number of carbonyl (C=O) groups is 1. The molecule has 0 aliphatic heterocycles. The first-order valence-corrected chi connectivity index (χ1v) is 3.21. The lowest BCUT2D eigenvalue weighted by Gasteiger charge is -2.03. The molecule has 0 atom stereocenters. The monoisotopic (exact) mass is 191 g/mol. The number of hydrogen-bond acceptors (Lipinski definition) is 2. The third-order valence-electron chi connectivity index (χ3n) is 1.30. The number of pyridine rings is 1. The van der Waals surface area contributed by atoms with Crippen molar-refractivity contribution in [3.8, 4) is 0 Å². The maximum Gasteiger partial charge on any atom is 0.454 e. The summed E-state index contributed by atoms with van der Waals surface area (Å²) >= 11 is 0. The van der Waals surface area contributed by atoms with Gasteiger partial charge in [0.25, 0.3) is 5.78 Å². The minimum absolute atomic E-state index is 0.557. The summed E-state index contributed by atoms with van der Waals surface area (Å²) in [4.78, 5) is 23.0. The standard InChI is InChI=1S/C7H4F3NO2/c8-7(9,10)6(13)4-1-2-5(12)11-3-4/h1-3H,(H,11,12). The third kappa shape index (κ3) is 2.17. The summed E-state index contributed by atoms with van der Waals surface area (Å²) in [6.07, 6.45) is -4.17. The molecule has 0 saturated heterocycles. The fourth-order valence-corrected chi connectivity index (χ4v) is 0.715. The Morgan fingerprint density at radius 1 is 1.31 bits per heavy atom. The average molecular weight is 191 g/mol. The highest BCUT2D eigenvalue weighted by atomic mass is 19.4. The zero-order chi connectivity index (χ0) is 10.1. The van der Waals surface area contributed by atoms with Gasteiger partial charge in [-0.2, -0.15) is 13.2 Å². The van der Waals surface area contributed by atoms with Gasteiger partial charge < -0.3 is 4.98 Å². The van der Waals surface area contributed by atoms with E-state index in [1.165, 1.54) is 0 Å². The molecule has 0 aliphatic rings. The number of hydrogen-bond donors (Lipinski definition) is 1. The largest absolute Gasteiger partial charge is 0.454 e. The van der Waals surface area contributed by atoms with Crippen molar-refractivity contribution in [2.75, 3.05) is 0 Å². The number of aromatic nitrogens is 1. The number of alkyl halides is 3. The highest BCUT2D eigenvalue weighted by Crippen LogP contribution is 2.20. The van der Waals surface area contributed by atoms with Gasteiger partial charge >= 0.3 is 6.18 Å². The molecular formula is C7H4F3NO2. The van der Waals surface area contributed by atoms with Crippen LogP contribution in [0.15, 0.2) is 23.1 Å². The number of aromatic amines is 1. The van der Waals surface area contributed by atoms with Crippen LogP contribution < -0.4 is 5.56 Å². The summed E-state index contributed by atoms with van der Waals surface area (Å²) in [5.41, 5.74) is -1.13. The fraction of sp³-hybridized carbons (Fsp3) is 0.143. The molecule has 1 aromatic heterocycles. The normalized spacial score (nSPS) is 11.3. The fourth-order valence-electron chi connectivity index (χ4n) is 0.715. The number of H-pyrrole nitrogens is 1. The molecule has 0 bridgehead atoms. The van der Waals surface area contributed by atoms with Gasteiger partial charge in [-0.1, -0.05) is 0 Å². The molecule has 70 valence electrons. The topological polar surface area (TPSA) is 49.9 Å². The lowest BCUT2D eigenvalue weighted by molar-refractivity contribution is -0.0885. The van der Waals surface area contributed by atoms with E-state index < -0.39 is 23.1 Å². The molecule has 1 aromatic rings. The number of rotatable bonds is 1. The van der Waals surface area contributed by atoms with E-state index in [1.54, 1.807) is 0 Å². The molecule has 0 fully saturated rings. The Kier molecular flexibility index (Phi) is 2.22. The Balaban J connectivity index is 3.04. The molecule has 13 heavy (non-hydrogen) atoms. The SMILES string of the molecule is O=C(c1ccc(=O)[nH]c1)C(F)(F)F. The first-order chi connectivity index (χ1) is 5.91. The zero-order valence-electron chi connectivity index (χ0n) is 6.18. The van der Waals surface area contributed by atoms with Crippen molar-refractivity contribution in [2.24, 2.45) is 0 Å². The van der Waals surface area contributed by atoms with E-state index in [1.807, 2.05) is 4.98 Å². The average Bonchev–Trinajstić information content (AvgIpc) is 2.03. The third-order valence-corrected chi connectivity index (χ3v) is 1.30. The molecule has 1 N–H and O–H groups in total. The van der Waals surface area contributed by atoms with Crippen LogP contribution in [0, 0.1) is 0 Å². The lowest BCUT2D eigenvalue weighted by Crippen LogP contribution is -2.23. The van der Waals surface area contributed by atoms with Crippen molar-refractivity contribution in [1.82, 2.24) is 4.98 Å². The van der Waals surface area contributed by atoms with Gasteiger partial charge in [-0.05, 0) is 6.07 Å². The minimum Gasteiger partial charge on any atom is -0.328 e. The van der Waals surface area contributed by atoms with Gasteiger partial charge in [-0.15, -0.1) is 0 Å². The van der Waals surface area contributed by atoms with E-state index in [4.69, 9.17) is 0 Å². The van der Waals surface area contributed by atoms with Gasteiger partial charge in [0.05, 0.1) is 0 Å². The van der Waals surface area contributed by atoms with Crippen molar-refractivity contribution < 1.29 is 18.0 Å². The molecule has 0 saturated carbocycles. The van der Waals surface area contributed by atoms with E-state index >= 15 is 0 Å². The summed E-state index contributed by atoms with van der Waals surface area (Å²) in [7, 11) is 0. The molecular weight excluding hydrogens is 187 g/mol. The van der Waals surface area contributed by atoms with Crippen LogP contribution >= 0.6 is 0 Å². The van der Waals surface area contributed by atoms with E-state index in [0.717, 1.165) is 18.3 Å². The lowest BCUT2D eigenvalue weighted by atomic mass is 10.2. The minimum atomic E-state index is -4.90. The maximum atomic E-state index is 11.8. The smallest absolute Gasteiger partial charge is 0.328 e. The number of ketones is 1. The van der Waals surface area contributed by atoms with Crippen LogP contribution in [-0.2, 0) is 0 Å². The second-order valence-electron chi connectivity index (χ2n) is 2.27. The van der Waals surface area contributed by atoms with Crippen molar-refractivity contribution in [3.05, 3.63) is 34.2 Å².